The summed E-state index contributed by atoms with van der Waals surface area (Å²) in [4.78, 5) is 21.4. The predicted octanol–water partition coefficient (Wildman–Crippen LogP) is 4.24. The van der Waals surface area contributed by atoms with Crippen LogP contribution in [0.25, 0.3) is 28.7 Å². The first kappa shape index (κ1) is 16.3. The summed E-state index contributed by atoms with van der Waals surface area (Å²) in [6, 6.07) is 12.8. The highest BCUT2D eigenvalue weighted by atomic mass is 35.5. The average Bonchev–Trinajstić information content (AvgIpc) is 2.99. The fourth-order valence-electron chi connectivity index (χ4n) is 2.81. The minimum Gasteiger partial charge on any atom is -0.290 e. The van der Waals surface area contributed by atoms with Gasteiger partial charge in [0.15, 0.2) is 0 Å². The average molecular weight is 363 g/mol. The van der Waals surface area contributed by atoms with Crippen LogP contribution in [-0.4, -0.2) is 19.7 Å². The Morgan fingerprint density at radius 3 is 2.62 bits per heavy atom. The maximum atomic E-state index is 12.8. The second kappa shape index (κ2) is 6.61. The Kier molecular flexibility index (Phi) is 4.14. The molecule has 1 N–H and O–H groups in total. The summed E-state index contributed by atoms with van der Waals surface area (Å²) in [5.74, 6) is 0. The molecule has 1 aromatic carbocycles. The fourth-order valence-corrected chi connectivity index (χ4v) is 2.93. The maximum Gasteiger partial charge on any atom is 0.280 e. The van der Waals surface area contributed by atoms with Crippen molar-refractivity contribution in [3.63, 3.8) is 0 Å². The zero-order valence-electron chi connectivity index (χ0n) is 14.0. The van der Waals surface area contributed by atoms with Crippen LogP contribution in [0.5, 0.6) is 0 Å². The number of fused-ring (bicyclic) bond motifs is 1. The third kappa shape index (κ3) is 2.93. The fraction of sp³-hybridized carbons (Fsp3) is 0.0500. The molecule has 4 aromatic rings. The quantitative estimate of drug-likeness (QED) is 0.592. The lowest BCUT2D eigenvalue weighted by Crippen LogP contribution is -2.14. The largest absolute Gasteiger partial charge is 0.290 e. The molecular weight excluding hydrogens is 348 g/mol. The van der Waals surface area contributed by atoms with Crippen molar-refractivity contribution < 1.29 is 0 Å². The van der Waals surface area contributed by atoms with Crippen molar-refractivity contribution in [3.05, 3.63) is 87.2 Å². The van der Waals surface area contributed by atoms with Crippen LogP contribution >= 0.6 is 11.6 Å². The van der Waals surface area contributed by atoms with Gasteiger partial charge in [-0.25, -0.2) is 4.68 Å². The van der Waals surface area contributed by atoms with E-state index in [2.05, 4.69) is 15.1 Å². The Labute approximate surface area is 154 Å². The number of pyridine rings is 2. The van der Waals surface area contributed by atoms with Crippen LogP contribution < -0.4 is 5.56 Å². The molecule has 0 amide bonds. The molecule has 0 spiro atoms. The molecule has 0 aliphatic carbocycles. The number of aryl methyl sites for hydroxylation is 1. The Morgan fingerprint density at radius 1 is 1.08 bits per heavy atom. The summed E-state index contributed by atoms with van der Waals surface area (Å²) >= 11 is 5.94. The molecule has 128 valence electrons. The van der Waals surface area contributed by atoms with E-state index >= 15 is 0 Å². The zero-order chi connectivity index (χ0) is 18.1. The number of H-pyrrole nitrogens is 1. The first-order valence-corrected chi connectivity index (χ1v) is 8.46. The highest BCUT2D eigenvalue weighted by Gasteiger charge is 2.13. The zero-order valence-corrected chi connectivity index (χ0v) is 14.7. The predicted molar refractivity (Wildman–Crippen MR) is 105 cm³/mol. The van der Waals surface area contributed by atoms with Crippen molar-refractivity contribution >= 4 is 34.7 Å². The molecule has 0 saturated carbocycles. The lowest BCUT2D eigenvalue weighted by Gasteiger charge is -2.02. The Morgan fingerprint density at radius 2 is 1.88 bits per heavy atom. The molecule has 26 heavy (non-hydrogen) atoms. The third-order valence-electron chi connectivity index (χ3n) is 4.17. The summed E-state index contributed by atoms with van der Waals surface area (Å²) in [6.45, 7) is 1.91. The number of rotatable bonds is 3. The first-order valence-electron chi connectivity index (χ1n) is 8.09. The van der Waals surface area contributed by atoms with Crippen molar-refractivity contribution in [2.45, 2.75) is 6.92 Å². The number of aromatic nitrogens is 4. The minimum absolute atomic E-state index is 0.151. The molecule has 0 radical (unpaired) electrons. The topological polar surface area (TPSA) is 63.6 Å². The van der Waals surface area contributed by atoms with E-state index in [9.17, 15) is 4.79 Å². The Hall–Kier alpha value is -3.18. The molecule has 0 aliphatic rings. The number of nitrogens with one attached hydrogen (secondary N) is 1. The molecule has 4 rings (SSSR count). The van der Waals surface area contributed by atoms with Gasteiger partial charge in [0.25, 0.3) is 5.56 Å². The summed E-state index contributed by atoms with van der Waals surface area (Å²) in [5.41, 5.74) is 3.83. The molecule has 0 saturated heterocycles. The van der Waals surface area contributed by atoms with Gasteiger partial charge >= 0.3 is 0 Å². The van der Waals surface area contributed by atoms with Gasteiger partial charge in [-0.05, 0) is 55.5 Å². The SMILES string of the molecule is Cc1ncc2c(=O)n(-c3ccc(Cl)cc3)[nH]c2c1/C=C/c1ccccn1. The molecule has 0 atom stereocenters. The van der Waals surface area contributed by atoms with Gasteiger partial charge < -0.3 is 0 Å². The van der Waals surface area contributed by atoms with Crippen LogP contribution in [0.2, 0.25) is 5.02 Å². The summed E-state index contributed by atoms with van der Waals surface area (Å²) < 4.78 is 1.50. The first-order chi connectivity index (χ1) is 12.6. The van der Waals surface area contributed by atoms with E-state index in [4.69, 9.17) is 11.6 Å². The summed E-state index contributed by atoms with van der Waals surface area (Å²) in [5, 5.41) is 4.35. The van der Waals surface area contributed by atoms with Gasteiger partial charge in [-0.15, -0.1) is 0 Å². The lowest BCUT2D eigenvalue weighted by atomic mass is 10.1. The van der Waals surface area contributed by atoms with Gasteiger partial charge in [0.2, 0.25) is 0 Å². The number of halogens is 1. The minimum atomic E-state index is -0.151. The van der Waals surface area contributed by atoms with E-state index < -0.39 is 0 Å². The monoisotopic (exact) mass is 362 g/mol. The van der Waals surface area contributed by atoms with Crippen molar-refractivity contribution in [1.29, 1.82) is 0 Å². The number of hydrogen-bond donors (Lipinski definition) is 1. The van der Waals surface area contributed by atoms with Crippen molar-refractivity contribution in [3.8, 4) is 5.69 Å². The normalized spacial score (nSPS) is 11.5. The van der Waals surface area contributed by atoms with E-state index in [-0.39, 0.29) is 5.56 Å². The van der Waals surface area contributed by atoms with Crippen LogP contribution in [0.15, 0.2) is 59.7 Å². The number of hydrogen-bond acceptors (Lipinski definition) is 3. The van der Waals surface area contributed by atoms with Crippen LogP contribution in [0.1, 0.15) is 17.0 Å². The summed E-state index contributed by atoms with van der Waals surface area (Å²) in [7, 11) is 0. The lowest BCUT2D eigenvalue weighted by molar-refractivity contribution is 0.863. The van der Waals surface area contributed by atoms with E-state index in [0.29, 0.717) is 16.1 Å². The number of nitrogens with zero attached hydrogens (tertiary/aromatic N) is 3. The van der Waals surface area contributed by atoms with Crippen LogP contribution in [0, 0.1) is 6.92 Å². The van der Waals surface area contributed by atoms with Crippen LogP contribution in [0.3, 0.4) is 0 Å². The number of aromatic amines is 1. The number of benzene rings is 1. The van der Waals surface area contributed by atoms with Crippen molar-refractivity contribution in [1.82, 2.24) is 19.7 Å². The highest BCUT2D eigenvalue weighted by molar-refractivity contribution is 6.30. The van der Waals surface area contributed by atoms with Crippen molar-refractivity contribution in [2.75, 3.05) is 0 Å². The van der Waals surface area contributed by atoms with Gasteiger partial charge in [-0.1, -0.05) is 17.7 Å². The van der Waals surface area contributed by atoms with Gasteiger partial charge in [-0.3, -0.25) is 19.9 Å². The molecule has 3 heterocycles. The molecule has 3 aromatic heterocycles. The smallest absolute Gasteiger partial charge is 0.280 e. The maximum absolute atomic E-state index is 12.8. The van der Waals surface area contributed by atoms with E-state index in [1.54, 1.807) is 36.7 Å². The second-order valence-corrected chi connectivity index (χ2v) is 6.30. The van der Waals surface area contributed by atoms with Gasteiger partial charge in [0, 0.05) is 28.7 Å². The highest BCUT2D eigenvalue weighted by Crippen LogP contribution is 2.20. The summed E-state index contributed by atoms with van der Waals surface area (Å²) in [6.07, 6.45) is 7.18. The van der Waals surface area contributed by atoms with Gasteiger partial charge in [0.1, 0.15) is 0 Å². The Balaban J connectivity index is 1.87. The van der Waals surface area contributed by atoms with E-state index in [0.717, 1.165) is 22.5 Å². The van der Waals surface area contributed by atoms with Crippen molar-refractivity contribution in [2.24, 2.45) is 0 Å². The second-order valence-electron chi connectivity index (χ2n) is 5.86. The van der Waals surface area contributed by atoms with E-state index in [1.807, 2.05) is 37.3 Å². The molecule has 0 bridgehead atoms. The van der Waals surface area contributed by atoms with E-state index in [1.165, 1.54) is 4.68 Å². The molecule has 0 aliphatic heterocycles. The standard InChI is InChI=1S/C20H15ClN4O/c1-13-17(10-7-15-4-2-3-11-22-15)19-18(12-23-13)20(26)25(24-19)16-8-5-14(21)6-9-16/h2-12,24H,1H3/b10-7+. The molecule has 0 unspecified atom stereocenters. The Bertz CT molecular complexity index is 1160. The van der Waals surface area contributed by atoms with Crippen LogP contribution in [-0.2, 0) is 0 Å². The molecular formula is C20H15ClN4O. The molecule has 0 fully saturated rings. The molecule has 5 nitrogen and oxygen atoms in total. The molecule has 6 heteroatoms. The van der Waals surface area contributed by atoms with Crippen LogP contribution in [0.4, 0.5) is 0 Å². The third-order valence-corrected chi connectivity index (χ3v) is 4.42. The van der Waals surface area contributed by atoms with Gasteiger partial charge in [-0.2, -0.15) is 0 Å². The van der Waals surface area contributed by atoms with Gasteiger partial charge in [0.05, 0.1) is 22.3 Å².